The highest BCUT2D eigenvalue weighted by Gasteiger charge is 2.06. The second kappa shape index (κ2) is 4.06. The van der Waals surface area contributed by atoms with Crippen LogP contribution in [0, 0.1) is 0 Å². The van der Waals surface area contributed by atoms with Gasteiger partial charge in [0, 0.05) is 17.7 Å². The van der Waals surface area contributed by atoms with E-state index in [0.717, 1.165) is 15.0 Å². The Morgan fingerprint density at radius 1 is 1.43 bits per heavy atom. The molecule has 2 rings (SSSR count). The molecule has 0 fully saturated rings. The van der Waals surface area contributed by atoms with E-state index in [0.29, 0.717) is 5.95 Å². The summed E-state index contributed by atoms with van der Waals surface area (Å²) in [5, 5.41) is 4.94. The van der Waals surface area contributed by atoms with Gasteiger partial charge >= 0.3 is 0 Å². The molecule has 2 aromatic rings. The van der Waals surface area contributed by atoms with Crippen LogP contribution in [0.5, 0.6) is 0 Å². The predicted octanol–water partition coefficient (Wildman–Crippen LogP) is 3.01. The summed E-state index contributed by atoms with van der Waals surface area (Å²) in [6.07, 6.45) is 1.75. The molecule has 0 saturated carbocycles. The Morgan fingerprint density at radius 2 is 2.29 bits per heavy atom. The Morgan fingerprint density at radius 3 is 2.93 bits per heavy atom. The zero-order valence-corrected chi connectivity index (χ0v) is 9.89. The molecule has 2 aromatic heterocycles. The van der Waals surface area contributed by atoms with Crippen molar-refractivity contribution in [2.45, 2.75) is 0 Å². The maximum Gasteiger partial charge on any atom is 0.222 e. The standard InChI is InChI=1S/C9H8BrN3S/c1-11-9-12-4-2-7(13-9)8-6(10)3-5-14-8/h2-5H,1H3,(H,11,12,13). The molecule has 0 aliphatic rings. The number of nitrogens with zero attached hydrogens (tertiary/aromatic N) is 2. The van der Waals surface area contributed by atoms with Gasteiger partial charge in [-0.2, -0.15) is 0 Å². The normalized spacial score (nSPS) is 10.1. The number of hydrogen-bond acceptors (Lipinski definition) is 4. The number of hydrogen-bond donors (Lipinski definition) is 1. The number of anilines is 1. The van der Waals surface area contributed by atoms with Crippen molar-refractivity contribution in [3.63, 3.8) is 0 Å². The number of halogens is 1. The molecule has 0 spiro atoms. The zero-order valence-electron chi connectivity index (χ0n) is 7.49. The highest BCUT2D eigenvalue weighted by atomic mass is 79.9. The summed E-state index contributed by atoms with van der Waals surface area (Å²) in [5.74, 6) is 0.641. The summed E-state index contributed by atoms with van der Waals surface area (Å²) < 4.78 is 1.07. The maximum absolute atomic E-state index is 4.35. The van der Waals surface area contributed by atoms with E-state index in [1.54, 1.807) is 17.5 Å². The van der Waals surface area contributed by atoms with Crippen molar-refractivity contribution in [2.75, 3.05) is 12.4 Å². The van der Waals surface area contributed by atoms with Crippen molar-refractivity contribution < 1.29 is 0 Å². The third-order valence-electron chi connectivity index (χ3n) is 1.73. The lowest BCUT2D eigenvalue weighted by Crippen LogP contribution is -1.95. The van der Waals surface area contributed by atoms with Crippen molar-refractivity contribution in [1.29, 1.82) is 0 Å². The van der Waals surface area contributed by atoms with Crippen LogP contribution in [0.1, 0.15) is 0 Å². The Labute approximate surface area is 94.4 Å². The van der Waals surface area contributed by atoms with E-state index in [2.05, 4.69) is 31.2 Å². The fourth-order valence-electron chi connectivity index (χ4n) is 1.08. The summed E-state index contributed by atoms with van der Waals surface area (Å²) in [5.41, 5.74) is 0.936. The van der Waals surface area contributed by atoms with Gasteiger partial charge in [-0.25, -0.2) is 9.97 Å². The van der Waals surface area contributed by atoms with E-state index in [9.17, 15) is 0 Å². The molecule has 0 atom stereocenters. The van der Waals surface area contributed by atoms with E-state index >= 15 is 0 Å². The Hall–Kier alpha value is -0.940. The topological polar surface area (TPSA) is 37.8 Å². The second-order valence-corrected chi connectivity index (χ2v) is 4.38. The molecule has 0 unspecified atom stereocenters. The summed E-state index contributed by atoms with van der Waals surface area (Å²) >= 11 is 5.14. The van der Waals surface area contributed by atoms with Crippen molar-refractivity contribution in [2.24, 2.45) is 0 Å². The van der Waals surface area contributed by atoms with Crippen LogP contribution in [-0.2, 0) is 0 Å². The van der Waals surface area contributed by atoms with Gasteiger partial charge < -0.3 is 5.32 Å². The molecular weight excluding hydrogens is 262 g/mol. The molecule has 0 bridgehead atoms. The van der Waals surface area contributed by atoms with Gasteiger partial charge in [-0.1, -0.05) is 0 Å². The molecule has 0 aliphatic heterocycles. The molecule has 14 heavy (non-hydrogen) atoms. The smallest absolute Gasteiger partial charge is 0.222 e. The predicted molar refractivity (Wildman–Crippen MR) is 62.6 cm³/mol. The van der Waals surface area contributed by atoms with Crippen molar-refractivity contribution in [3.8, 4) is 10.6 Å². The lowest BCUT2D eigenvalue weighted by molar-refractivity contribution is 1.16. The van der Waals surface area contributed by atoms with Gasteiger partial charge in [-0.3, -0.25) is 0 Å². The fraction of sp³-hybridized carbons (Fsp3) is 0.111. The van der Waals surface area contributed by atoms with Gasteiger partial charge in [0.25, 0.3) is 0 Å². The molecule has 72 valence electrons. The van der Waals surface area contributed by atoms with Crippen LogP contribution in [0.15, 0.2) is 28.2 Å². The number of rotatable bonds is 2. The van der Waals surface area contributed by atoms with E-state index < -0.39 is 0 Å². The Kier molecular flexibility index (Phi) is 2.79. The summed E-state index contributed by atoms with van der Waals surface area (Å²) in [7, 11) is 1.81. The van der Waals surface area contributed by atoms with Crippen LogP contribution in [0.4, 0.5) is 5.95 Å². The lowest BCUT2D eigenvalue weighted by Gasteiger charge is -2.00. The summed E-state index contributed by atoms with van der Waals surface area (Å²) in [6, 6.07) is 3.92. The zero-order chi connectivity index (χ0) is 9.97. The van der Waals surface area contributed by atoms with E-state index in [1.807, 2.05) is 24.6 Å². The van der Waals surface area contributed by atoms with Gasteiger partial charge in [0.1, 0.15) is 0 Å². The molecule has 1 N–H and O–H groups in total. The summed E-state index contributed by atoms with van der Waals surface area (Å²) in [4.78, 5) is 9.55. The largest absolute Gasteiger partial charge is 0.357 e. The van der Waals surface area contributed by atoms with Crippen LogP contribution >= 0.6 is 27.3 Å². The van der Waals surface area contributed by atoms with Gasteiger partial charge in [-0.05, 0) is 33.4 Å². The fourth-order valence-corrected chi connectivity index (χ4v) is 2.63. The van der Waals surface area contributed by atoms with E-state index in [-0.39, 0.29) is 0 Å². The number of aromatic nitrogens is 2. The quantitative estimate of drug-likeness (QED) is 0.911. The first-order chi connectivity index (χ1) is 6.81. The molecule has 0 aromatic carbocycles. The van der Waals surface area contributed by atoms with Gasteiger partial charge in [0.15, 0.2) is 0 Å². The van der Waals surface area contributed by atoms with Crippen LogP contribution in [0.25, 0.3) is 10.6 Å². The molecule has 5 heteroatoms. The third-order valence-corrected chi connectivity index (χ3v) is 3.59. The molecule has 3 nitrogen and oxygen atoms in total. The van der Waals surface area contributed by atoms with Gasteiger partial charge in [0.2, 0.25) is 5.95 Å². The monoisotopic (exact) mass is 269 g/mol. The Bertz CT molecular complexity index is 441. The maximum atomic E-state index is 4.35. The average Bonchev–Trinajstić information content (AvgIpc) is 2.65. The first-order valence-corrected chi connectivity index (χ1v) is 5.72. The first kappa shape index (κ1) is 9.61. The van der Waals surface area contributed by atoms with E-state index in [1.165, 1.54) is 0 Å². The third kappa shape index (κ3) is 1.78. The average molecular weight is 270 g/mol. The molecular formula is C9H8BrN3S. The molecule has 0 aliphatic carbocycles. The Balaban J connectivity index is 2.47. The highest BCUT2D eigenvalue weighted by Crippen LogP contribution is 2.32. The van der Waals surface area contributed by atoms with Crippen molar-refractivity contribution in [1.82, 2.24) is 9.97 Å². The molecule has 2 heterocycles. The number of nitrogens with one attached hydrogen (secondary N) is 1. The highest BCUT2D eigenvalue weighted by molar-refractivity contribution is 9.10. The first-order valence-electron chi connectivity index (χ1n) is 4.05. The van der Waals surface area contributed by atoms with Gasteiger partial charge in [-0.15, -0.1) is 11.3 Å². The molecule has 0 amide bonds. The SMILES string of the molecule is CNc1nccc(-c2sccc2Br)n1. The van der Waals surface area contributed by atoms with Crippen molar-refractivity contribution >= 4 is 33.2 Å². The minimum absolute atomic E-state index is 0.641. The van der Waals surface area contributed by atoms with Crippen LogP contribution in [0.3, 0.4) is 0 Å². The van der Waals surface area contributed by atoms with Gasteiger partial charge in [0.05, 0.1) is 10.6 Å². The number of thiophene rings is 1. The molecule has 0 radical (unpaired) electrons. The van der Waals surface area contributed by atoms with Crippen LogP contribution < -0.4 is 5.32 Å². The van der Waals surface area contributed by atoms with Crippen LogP contribution in [-0.4, -0.2) is 17.0 Å². The van der Waals surface area contributed by atoms with Crippen molar-refractivity contribution in [3.05, 3.63) is 28.2 Å². The lowest BCUT2D eigenvalue weighted by atomic mass is 10.3. The summed E-state index contributed by atoms with van der Waals surface area (Å²) in [6.45, 7) is 0. The van der Waals surface area contributed by atoms with E-state index in [4.69, 9.17) is 0 Å². The minimum atomic E-state index is 0.641. The minimum Gasteiger partial charge on any atom is -0.357 e. The van der Waals surface area contributed by atoms with Crippen LogP contribution in [0.2, 0.25) is 0 Å². The molecule has 0 saturated heterocycles. The second-order valence-electron chi connectivity index (χ2n) is 2.61.